The highest BCUT2D eigenvalue weighted by molar-refractivity contribution is 6.09. The maximum atomic E-state index is 13.1. The molecule has 3 heterocycles. The van der Waals surface area contributed by atoms with Crippen LogP contribution in [0, 0.1) is 0 Å². The zero-order chi connectivity index (χ0) is 35.5. The Hall–Kier alpha value is -6.77. The molecule has 1 atom stereocenters. The zero-order valence-electron chi connectivity index (χ0n) is 26.3. The van der Waals surface area contributed by atoms with Gasteiger partial charge in [-0.2, -0.15) is 0 Å². The first kappa shape index (κ1) is 34.6. The lowest BCUT2D eigenvalue weighted by atomic mass is 10.0. The number of pyridine rings is 1. The van der Waals surface area contributed by atoms with Gasteiger partial charge in [-0.25, -0.2) is 14.5 Å². The van der Waals surface area contributed by atoms with Gasteiger partial charge in [0.15, 0.2) is 11.8 Å². The standard InChI is InChI=1S/C35H30N6O9/c42-30(43)19-29(35(47)48)41-20-26(39-40-41)13-7-14-31(44)49-21-50-34-28(18-25-12-4-5-15-36-25)37-33(46)27(38-34)17-22-8-6-11-24(16-22)32(45)23-9-2-1-3-10-23/h1-6,8-12,15-18,20,29H,7,13-14,19,21H2,(H,37,46)(H,42,43)(H,47,48)/b27-17-,28-18-/t29-/m0/s1. The number of aryl methyl sites for hydroxylation is 1. The molecule has 0 unspecified atom stereocenters. The van der Waals surface area contributed by atoms with Gasteiger partial charge in [-0.05, 0) is 48.8 Å². The fraction of sp³-hybridized carbons (Fsp3) is 0.171. The van der Waals surface area contributed by atoms with Crippen molar-refractivity contribution in [3.8, 4) is 5.88 Å². The predicted octanol–water partition coefficient (Wildman–Crippen LogP) is 1.65. The zero-order valence-corrected chi connectivity index (χ0v) is 26.3. The van der Waals surface area contributed by atoms with E-state index in [-0.39, 0.29) is 41.6 Å². The lowest BCUT2D eigenvalue weighted by Gasteiger charge is -2.08. The van der Waals surface area contributed by atoms with E-state index in [9.17, 15) is 29.1 Å². The van der Waals surface area contributed by atoms with E-state index >= 15 is 0 Å². The van der Waals surface area contributed by atoms with E-state index in [0.29, 0.717) is 28.1 Å². The second kappa shape index (κ2) is 16.4. The first-order chi connectivity index (χ1) is 24.2. The molecule has 0 saturated heterocycles. The Morgan fingerprint density at radius 3 is 2.46 bits per heavy atom. The van der Waals surface area contributed by atoms with Gasteiger partial charge in [0.1, 0.15) is 10.7 Å². The highest BCUT2D eigenvalue weighted by Crippen LogP contribution is 2.14. The van der Waals surface area contributed by atoms with Crippen LogP contribution in [0.25, 0.3) is 12.2 Å². The van der Waals surface area contributed by atoms with Crippen LogP contribution in [0.15, 0.2) is 90.0 Å². The third kappa shape index (κ3) is 9.41. The van der Waals surface area contributed by atoms with Crippen molar-refractivity contribution in [1.82, 2.24) is 29.9 Å². The number of ketones is 1. The summed E-state index contributed by atoms with van der Waals surface area (Å²) in [6, 6.07) is 19.3. The molecule has 0 aliphatic heterocycles. The van der Waals surface area contributed by atoms with Gasteiger partial charge in [0, 0.05) is 29.9 Å². The summed E-state index contributed by atoms with van der Waals surface area (Å²) in [7, 11) is 0. The molecule has 5 aromatic rings. The van der Waals surface area contributed by atoms with Crippen LogP contribution in [0.1, 0.15) is 58.2 Å². The van der Waals surface area contributed by atoms with Crippen LogP contribution in [-0.2, 0) is 25.5 Å². The lowest BCUT2D eigenvalue weighted by molar-refractivity contribution is -0.150. The number of benzene rings is 2. The molecule has 2 aromatic carbocycles. The number of nitrogens with one attached hydrogen (secondary N) is 1. The average Bonchev–Trinajstić information content (AvgIpc) is 3.58. The molecule has 15 nitrogen and oxygen atoms in total. The fourth-order valence-electron chi connectivity index (χ4n) is 4.74. The van der Waals surface area contributed by atoms with E-state index in [1.54, 1.807) is 79.0 Å². The number of esters is 1. The summed E-state index contributed by atoms with van der Waals surface area (Å²) in [5.41, 5.74) is 1.84. The number of carbonyl (C=O) groups is 4. The number of carbonyl (C=O) groups excluding carboxylic acids is 2. The van der Waals surface area contributed by atoms with Gasteiger partial charge in [0.2, 0.25) is 12.7 Å². The first-order valence-electron chi connectivity index (χ1n) is 15.2. The van der Waals surface area contributed by atoms with Crippen LogP contribution in [0.2, 0.25) is 0 Å². The summed E-state index contributed by atoms with van der Waals surface area (Å²) in [5.74, 6) is -3.49. The Kier molecular flexibility index (Phi) is 11.3. The number of hydrogen-bond acceptors (Lipinski definition) is 11. The van der Waals surface area contributed by atoms with Gasteiger partial charge in [-0.15, -0.1) is 5.10 Å². The number of carboxylic acid groups (broad SMARTS) is 2. The topological polar surface area (TPSA) is 217 Å². The van der Waals surface area contributed by atoms with Gasteiger partial charge in [-0.1, -0.05) is 59.8 Å². The number of carboxylic acids is 2. The molecule has 0 aliphatic rings. The van der Waals surface area contributed by atoms with Crippen LogP contribution >= 0.6 is 0 Å². The van der Waals surface area contributed by atoms with Crippen molar-refractivity contribution in [1.29, 1.82) is 0 Å². The molecular weight excluding hydrogens is 648 g/mol. The minimum absolute atomic E-state index is 0.0182. The summed E-state index contributed by atoms with van der Waals surface area (Å²) >= 11 is 0. The molecule has 5 rings (SSSR count). The first-order valence-corrected chi connectivity index (χ1v) is 15.2. The van der Waals surface area contributed by atoms with E-state index in [1.807, 2.05) is 6.07 Å². The summed E-state index contributed by atoms with van der Waals surface area (Å²) in [6.07, 6.45) is 5.76. The predicted molar refractivity (Wildman–Crippen MR) is 175 cm³/mol. The van der Waals surface area contributed by atoms with Gasteiger partial charge < -0.3 is 24.7 Å². The highest BCUT2D eigenvalue weighted by atomic mass is 16.7. The van der Waals surface area contributed by atoms with E-state index in [4.69, 9.17) is 14.6 Å². The van der Waals surface area contributed by atoms with Crippen molar-refractivity contribution < 1.29 is 38.9 Å². The monoisotopic (exact) mass is 678 g/mol. The van der Waals surface area contributed by atoms with Crippen LogP contribution < -0.4 is 21.0 Å². The van der Waals surface area contributed by atoms with Crippen molar-refractivity contribution >= 4 is 35.8 Å². The molecule has 0 saturated carbocycles. The maximum Gasteiger partial charge on any atom is 0.329 e. The summed E-state index contributed by atoms with van der Waals surface area (Å²) in [5, 5.41) is 26.0. The molecule has 0 fully saturated rings. The number of H-pyrrole nitrogens is 1. The maximum absolute atomic E-state index is 13.1. The molecule has 0 radical (unpaired) electrons. The van der Waals surface area contributed by atoms with Crippen molar-refractivity contribution in [2.75, 3.05) is 6.79 Å². The number of aromatic nitrogens is 6. The smallest absolute Gasteiger partial charge is 0.329 e. The number of ether oxygens (including phenoxy) is 2. The molecule has 15 heteroatoms. The fourth-order valence-corrected chi connectivity index (χ4v) is 4.74. The quantitative estimate of drug-likeness (QED) is 0.0816. The molecule has 0 spiro atoms. The Morgan fingerprint density at radius 1 is 0.940 bits per heavy atom. The summed E-state index contributed by atoms with van der Waals surface area (Å²) < 4.78 is 11.9. The number of hydrogen-bond donors (Lipinski definition) is 3. The Bertz CT molecular complexity index is 2180. The van der Waals surface area contributed by atoms with Crippen LogP contribution in [-0.4, -0.2) is 70.6 Å². The second-order valence-electron chi connectivity index (χ2n) is 10.8. The van der Waals surface area contributed by atoms with Gasteiger partial charge >= 0.3 is 17.9 Å². The highest BCUT2D eigenvalue weighted by Gasteiger charge is 2.24. The number of nitrogens with zero attached hydrogens (tertiary/aromatic N) is 5. The number of aromatic amines is 1. The minimum atomic E-state index is -1.41. The van der Waals surface area contributed by atoms with Crippen molar-refractivity contribution in [2.24, 2.45) is 0 Å². The Balaban J connectivity index is 1.28. The van der Waals surface area contributed by atoms with Gasteiger partial charge in [0.05, 0.1) is 17.8 Å². The molecule has 0 aliphatic carbocycles. The van der Waals surface area contributed by atoms with Crippen molar-refractivity contribution in [3.05, 3.63) is 134 Å². The van der Waals surface area contributed by atoms with Gasteiger partial charge in [-0.3, -0.25) is 24.2 Å². The number of aliphatic carboxylic acids is 2. The number of rotatable bonds is 15. The Morgan fingerprint density at radius 2 is 1.72 bits per heavy atom. The lowest BCUT2D eigenvalue weighted by Crippen LogP contribution is -2.38. The van der Waals surface area contributed by atoms with E-state index in [0.717, 1.165) is 4.68 Å². The van der Waals surface area contributed by atoms with Crippen molar-refractivity contribution in [2.45, 2.75) is 31.7 Å². The molecule has 3 aromatic heterocycles. The normalized spacial score (nSPS) is 12.3. The van der Waals surface area contributed by atoms with Crippen LogP contribution in [0.5, 0.6) is 5.88 Å². The third-order valence-corrected chi connectivity index (χ3v) is 7.16. The van der Waals surface area contributed by atoms with Gasteiger partial charge in [0.25, 0.3) is 5.56 Å². The average molecular weight is 679 g/mol. The second-order valence-corrected chi connectivity index (χ2v) is 10.8. The minimum Gasteiger partial charge on any atom is -0.481 e. The Labute approximate surface area is 283 Å². The molecule has 50 heavy (non-hydrogen) atoms. The van der Waals surface area contributed by atoms with Crippen LogP contribution in [0.4, 0.5) is 0 Å². The van der Waals surface area contributed by atoms with E-state index in [2.05, 4.69) is 25.3 Å². The van der Waals surface area contributed by atoms with E-state index in [1.165, 1.54) is 12.3 Å². The molecular formula is C35H30N6O9. The van der Waals surface area contributed by atoms with Crippen molar-refractivity contribution in [3.63, 3.8) is 0 Å². The SMILES string of the molecule is O=C(O)C[C@@H](C(=O)O)n1cc(CCCC(=O)OCOc2n/c(=C\c3cccc(C(=O)c4ccccc4)c3)c(=O)[nH]/c2=C\c2ccccn2)nn1. The molecule has 254 valence electrons. The third-order valence-electron chi connectivity index (χ3n) is 7.16. The van der Waals surface area contributed by atoms with Crippen LogP contribution in [0.3, 0.4) is 0 Å². The largest absolute Gasteiger partial charge is 0.481 e. The summed E-state index contributed by atoms with van der Waals surface area (Å²) in [4.78, 5) is 72.3. The molecule has 3 N–H and O–H groups in total. The summed E-state index contributed by atoms with van der Waals surface area (Å²) in [6.45, 7) is -0.535. The molecule has 0 bridgehead atoms. The molecule has 0 amide bonds. The van der Waals surface area contributed by atoms with E-state index < -0.39 is 42.7 Å².